The summed E-state index contributed by atoms with van der Waals surface area (Å²) in [6.45, 7) is 1.08. The normalized spacial score (nSPS) is 13.4. The Balaban J connectivity index is 1.36. The third-order valence-corrected chi connectivity index (χ3v) is 8.72. The Kier molecular flexibility index (Phi) is 11.9. The number of carbonyl (C=O) groups excluding carboxylic acids is 2. The van der Waals surface area contributed by atoms with E-state index in [0.29, 0.717) is 58.5 Å². The number of H-pyrrole nitrogens is 1. The van der Waals surface area contributed by atoms with Gasteiger partial charge in [0.25, 0.3) is 11.8 Å². The number of hydrogen-bond donors (Lipinski definition) is 3. The van der Waals surface area contributed by atoms with Crippen molar-refractivity contribution >= 4 is 35.2 Å². The number of hydrogen-bond acceptors (Lipinski definition) is 6. The third kappa shape index (κ3) is 10.3. The lowest BCUT2D eigenvalue weighted by molar-refractivity contribution is -0.364. The van der Waals surface area contributed by atoms with E-state index in [-0.39, 0.29) is 30.5 Å². The van der Waals surface area contributed by atoms with Crippen LogP contribution < -0.4 is 20.4 Å². The minimum Gasteiger partial charge on any atom is -0.490 e. The Hall–Kier alpha value is -4.88. The zero-order chi connectivity index (χ0) is 34.8. The lowest BCUT2D eigenvalue weighted by Crippen LogP contribution is -2.26. The molecule has 0 bridgehead atoms. The van der Waals surface area contributed by atoms with Crippen LogP contribution >= 0.6 is 11.8 Å². The van der Waals surface area contributed by atoms with E-state index >= 15 is 0 Å². The Morgan fingerprint density at radius 2 is 1.67 bits per heavy atom. The number of carbonyl (C=O) groups is 3. The summed E-state index contributed by atoms with van der Waals surface area (Å²) in [4.78, 5) is 40.6. The van der Waals surface area contributed by atoms with Crippen LogP contribution in [0.3, 0.4) is 0 Å². The molecule has 49 heavy (non-hydrogen) atoms. The number of nitrogens with one attached hydrogen (secondary N) is 3. The van der Waals surface area contributed by atoms with Crippen molar-refractivity contribution in [3.63, 3.8) is 0 Å². The third-order valence-electron chi connectivity index (χ3n) is 7.69. The molecule has 1 fully saturated rings. The number of anilines is 1. The highest BCUT2D eigenvalue weighted by Gasteiger charge is 2.30. The van der Waals surface area contributed by atoms with E-state index in [4.69, 9.17) is 14.6 Å². The Morgan fingerprint density at radius 1 is 0.918 bits per heavy atom. The summed E-state index contributed by atoms with van der Waals surface area (Å²) in [5.41, 5.74) is 2.53. The van der Waals surface area contributed by atoms with Crippen LogP contribution in [-0.4, -0.2) is 48.0 Å². The number of aromatic amines is 1. The molecule has 0 aliphatic carbocycles. The first-order chi connectivity index (χ1) is 23.5. The molecular formula is C36H35F3N3O6S+. The maximum Gasteiger partial charge on any atom is 0.416 e. The lowest BCUT2D eigenvalue weighted by Gasteiger charge is -2.23. The number of aliphatic carboxylic acids is 1. The predicted octanol–water partition coefficient (Wildman–Crippen LogP) is 6.63. The number of ether oxygens (including phenoxy) is 2. The van der Waals surface area contributed by atoms with Gasteiger partial charge in [0.1, 0.15) is 11.9 Å². The van der Waals surface area contributed by atoms with Crippen molar-refractivity contribution < 1.29 is 47.1 Å². The molecule has 5 rings (SSSR count). The van der Waals surface area contributed by atoms with Gasteiger partial charge in [0.2, 0.25) is 5.69 Å². The van der Waals surface area contributed by atoms with Gasteiger partial charge >= 0.3 is 12.1 Å². The summed E-state index contributed by atoms with van der Waals surface area (Å²) in [5.74, 6) is -0.156. The monoisotopic (exact) mass is 694 g/mol. The van der Waals surface area contributed by atoms with Crippen molar-refractivity contribution in [3.8, 4) is 17.0 Å². The molecule has 0 unspecified atom stereocenters. The fourth-order valence-electron chi connectivity index (χ4n) is 5.17. The Labute approximate surface area is 285 Å². The first-order valence-corrected chi connectivity index (χ1v) is 16.8. The second-order valence-electron chi connectivity index (χ2n) is 11.4. The van der Waals surface area contributed by atoms with Gasteiger partial charge in [-0.25, -0.2) is 4.98 Å². The largest absolute Gasteiger partial charge is 0.490 e. The van der Waals surface area contributed by atoms with Crippen LogP contribution in [0, 0.1) is 0 Å². The van der Waals surface area contributed by atoms with Gasteiger partial charge in [-0.05, 0) is 53.6 Å². The van der Waals surface area contributed by atoms with Crippen molar-refractivity contribution in [2.75, 3.05) is 24.3 Å². The molecule has 4 N–H and O–H groups in total. The minimum absolute atomic E-state index is 0.0462. The average Bonchev–Trinajstić information content (AvgIpc) is 3.10. The zero-order valence-electron chi connectivity index (χ0n) is 26.3. The number of thioether (sulfide) groups is 1. The first kappa shape index (κ1) is 35.4. The summed E-state index contributed by atoms with van der Waals surface area (Å²) in [7, 11) is 0. The lowest BCUT2D eigenvalue weighted by atomic mass is 10.0. The highest BCUT2D eigenvalue weighted by Crippen LogP contribution is 2.32. The molecule has 1 aromatic heterocycles. The number of rotatable bonds is 13. The quantitative estimate of drug-likeness (QED) is 0.134. The van der Waals surface area contributed by atoms with Gasteiger partial charge in [-0.15, -0.1) is 0 Å². The van der Waals surface area contributed by atoms with Crippen LogP contribution in [0.15, 0.2) is 85.1 Å². The van der Waals surface area contributed by atoms with E-state index in [1.807, 2.05) is 6.07 Å². The van der Waals surface area contributed by atoms with Crippen LogP contribution in [-0.2, 0) is 28.0 Å². The fraction of sp³-hybridized carbons (Fsp3) is 0.278. The summed E-state index contributed by atoms with van der Waals surface area (Å²) in [5, 5.41) is 14.5. The van der Waals surface area contributed by atoms with Crippen molar-refractivity contribution in [1.29, 1.82) is 0 Å². The molecule has 256 valence electrons. The van der Waals surface area contributed by atoms with Gasteiger partial charge in [-0.3, -0.25) is 14.4 Å². The molecule has 1 aliphatic heterocycles. The van der Waals surface area contributed by atoms with Gasteiger partial charge in [-0.2, -0.15) is 24.9 Å². The highest BCUT2D eigenvalue weighted by molar-refractivity contribution is 7.98. The maximum absolute atomic E-state index is 13.5. The van der Waals surface area contributed by atoms with Crippen molar-refractivity contribution in [1.82, 2.24) is 5.32 Å². The standard InChI is InChI=1S/C36H34F3N3O6S/c37-36(38,39)27-6-2-3-23(18-27)21-41-34(45)26-9-13-40-32(19-26)30-20-29(48-28-10-14-47-15-11-28)7-8-31(30)42-35(46)25-5-1-4-24(17-25)22-49-16-12-33(43)44/h1-9,13,17-20,28H,10-12,14-16,21-22H2,(H,41,45)(H,42,46)(H,43,44)/p+1. The summed E-state index contributed by atoms with van der Waals surface area (Å²) >= 11 is 1.47. The molecule has 1 saturated heterocycles. The zero-order valence-corrected chi connectivity index (χ0v) is 27.2. The molecule has 2 amide bonds. The number of carboxylic acid groups (broad SMARTS) is 1. The number of aromatic nitrogens is 1. The van der Waals surface area contributed by atoms with E-state index < -0.39 is 23.6 Å². The van der Waals surface area contributed by atoms with Gasteiger partial charge < -0.3 is 25.2 Å². The van der Waals surface area contributed by atoms with Gasteiger partial charge in [0.15, 0.2) is 6.20 Å². The number of alkyl halides is 3. The molecule has 0 atom stereocenters. The fourth-order valence-corrected chi connectivity index (χ4v) is 6.04. The number of amides is 2. The van der Waals surface area contributed by atoms with Gasteiger partial charge in [0, 0.05) is 48.6 Å². The number of pyridine rings is 1. The second-order valence-corrected chi connectivity index (χ2v) is 12.5. The number of benzene rings is 3. The number of carboxylic acids is 1. The van der Waals surface area contributed by atoms with E-state index in [9.17, 15) is 27.6 Å². The second kappa shape index (κ2) is 16.5. The van der Waals surface area contributed by atoms with Crippen LogP contribution in [0.2, 0.25) is 0 Å². The van der Waals surface area contributed by atoms with Crippen LogP contribution in [0.4, 0.5) is 18.9 Å². The molecule has 9 nitrogen and oxygen atoms in total. The smallest absolute Gasteiger partial charge is 0.416 e. The maximum atomic E-state index is 13.5. The first-order valence-electron chi connectivity index (χ1n) is 15.6. The van der Waals surface area contributed by atoms with Gasteiger partial charge in [-0.1, -0.05) is 24.3 Å². The number of halogens is 3. The van der Waals surface area contributed by atoms with E-state index in [2.05, 4.69) is 15.6 Å². The van der Waals surface area contributed by atoms with Crippen molar-refractivity contribution in [2.45, 2.75) is 43.8 Å². The van der Waals surface area contributed by atoms with Crippen molar-refractivity contribution in [2.24, 2.45) is 0 Å². The summed E-state index contributed by atoms with van der Waals surface area (Å²) in [6, 6.07) is 20.3. The molecule has 13 heteroatoms. The van der Waals surface area contributed by atoms with Crippen LogP contribution in [0.5, 0.6) is 5.75 Å². The molecule has 0 saturated carbocycles. The van der Waals surface area contributed by atoms with E-state index in [0.717, 1.165) is 30.5 Å². The molecule has 1 aliphatic rings. The minimum atomic E-state index is -4.49. The van der Waals surface area contributed by atoms with Crippen LogP contribution in [0.1, 0.15) is 56.7 Å². The predicted molar refractivity (Wildman–Crippen MR) is 178 cm³/mol. The molecular weight excluding hydrogens is 659 g/mol. The van der Waals surface area contributed by atoms with Crippen molar-refractivity contribution in [3.05, 3.63) is 113 Å². The molecule has 4 aromatic rings. The van der Waals surface area contributed by atoms with E-state index in [1.54, 1.807) is 54.7 Å². The molecule has 2 heterocycles. The highest BCUT2D eigenvalue weighted by atomic mass is 32.2. The average molecular weight is 695 g/mol. The summed E-state index contributed by atoms with van der Waals surface area (Å²) < 4.78 is 51.1. The summed E-state index contributed by atoms with van der Waals surface area (Å²) in [6.07, 6.45) is -1.46. The SMILES string of the molecule is O=C(O)CCSCc1cccc(C(=O)Nc2ccc(OC3CCOCC3)cc2-c2cc(C(=O)NCc3cccc(C(F)(F)F)c3)cc[nH+]2)c1. The molecule has 0 radical (unpaired) electrons. The molecule has 3 aromatic carbocycles. The van der Waals surface area contributed by atoms with E-state index in [1.165, 1.54) is 23.9 Å². The van der Waals surface area contributed by atoms with Gasteiger partial charge in [0.05, 0.1) is 42.0 Å². The Morgan fingerprint density at radius 3 is 2.45 bits per heavy atom. The Bertz CT molecular complexity index is 1800. The molecule has 0 spiro atoms. The topological polar surface area (TPSA) is 128 Å². The van der Waals surface area contributed by atoms with Crippen LogP contribution in [0.25, 0.3) is 11.3 Å².